The molecule has 1 aromatic heterocycles. The lowest BCUT2D eigenvalue weighted by molar-refractivity contribution is 0.392. The molecule has 5 nitrogen and oxygen atoms in total. The molecule has 0 atom stereocenters. The van der Waals surface area contributed by atoms with Gasteiger partial charge >= 0.3 is 0 Å². The summed E-state index contributed by atoms with van der Waals surface area (Å²) in [6.07, 6.45) is 1.98. The van der Waals surface area contributed by atoms with Crippen molar-refractivity contribution in [3.63, 3.8) is 0 Å². The molecule has 0 saturated heterocycles. The van der Waals surface area contributed by atoms with Gasteiger partial charge in [0.2, 0.25) is 0 Å². The largest absolute Gasteiger partial charge is 0.361 e. The molecule has 0 aliphatic heterocycles. The Kier molecular flexibility index (Phi) is 5.19. The molecule has 0 aliphatic rings. The molecule has 1 aromatic rings. The molecule has 1 heterocycles. The highest BCUT2D eigenvalue weighted by atomic mass is 16.5. The van der Waals surface area contributed by atoms with Gasteiger partial charge < -0.3 is 14.3 Å². The van der Waals surface area contributed by atoms with Gasteiger partial charge in [0, 0.05) is 40.3 Å². The van der Waals surface area contributed by atoms with Gasteiger partial charge in [-0.1, -0.05) is 5.16 Å². The van der Waals surface area contributed by atoms with Crippen LogP contribution in [0.2, 0.25) is 0 Å². The van der Waals surface area contributed by atoms with Gasteiger partial charge in [-0.2, -0.15) is 0 Å². The van der Waals surface area contributed by atoms with E-state index < -0.39 is 0 Å². The minimum atomic E-state index is 0.815. The van der Waals surface area contributed by atoms with Gasteiger partial charge in [0.1, 0.15) is 5.76 Å². The van der Waals surface area contributed by atoms with E-state index in [2.05, 4.69) is 10.1 Å². The van der Waals surface area contributed by atoms with Gasteiger partial charge in [-0.3, -0.25) is 4.99 Å². The Hall–Kier alpha value is -1.52. The van der Waals surface area contributed by atoms with Gasteiger partial charge in [-0.25, -0.2) is 0 Å². The van der Waals surface area contributed by atoms with Crippen LogP contribution in [0.1, 0.15) is 23.4 Å². The van der Waals surface area contributed by atoms with Crippen molar-refractivity contribution in [3.8, 4) is 0 Å². The molecule has 102 valence electrons. The minimum absolute atomic E-state index is 0.815. The molecule has 1 rings (SSSR count). The van der Waals surface area contributed by atoms with E-state index in [1.54, 1.807) is 0 Å². The van der Waals surface area contributed by atoms with Crippen LogP contribution in [0.25, 0.3) is 0 Å². The second-order valence-electron chi connectivity index (χ2n) is 4.88. The lowest BCUT2D eigenvalue weighted by Gasteiger charge is -2.22. The Bertz CT molecular complexity index is 378. The van der Waals surface area contributed by atoms with E-state index >= 15 is 0 Å². The van der Waals surface area contributed by atoms with Crippen LogP contribution in [0.3, 0.4) is 0 Å². The van der Waals surface area contributed by atoms with E-state index in [-0.39, 0.29) is 0 Å². The van der Waals surface area contributed by atoms with Crippen LogP contribution in [0.15, 0.2) is 9.52 Å². The lowest BCUT2D eigenvalue weighted by Crippen LogP contribution is -2.35. The summed E-state index contributed by atoms with van der Waals surface area (Å²) in [5.74, 6) is 1.92. The van der Waals surface area contributed by atoms with Crippen molar-refractivity contribution in [3.05, 3.63) is 17.0 Å². The zero-order valence-electron chi connectivity index (χ0n) is 12.3. The van der Waals surface area contributed by atoms with Crippen molar-refractivity contribution >= 4 is 5.96 Å². The number of aliphatic imine (C=N–C) groups is 1. The Morgan fingerprint density at radius 3 is 2.22 bits per heavy atom. The Balaban J connectivity index is 2.49. The highest BCUT2D eigenvalue weighted by Gasteiger charge is 2.08. The summed E-state index contributed by atoms with van der Waals surface area (Å²) >= 11 is 0. The van der Waals surface area contributed by atoms with E-state index in [9.17, 15) is 0 Å². The van der Waals surface area contributed by atoms with Gasteiger partial charge in [0.25, 0.3) is 0 Å². The van der Waals surface area contributed by atoms with Crippen LogP contribution in [0, 0.1) is 13.8 Å². The van der Waals surface area contributed by atoms with Crippen molar-refractivity contribution < 1.29 is 4.52 Å². The molecule has 5 heteroatoms. The Morgan fingerprint density at radius 1 is 1.17 bits per heavy atom. The number of aromatic nitrogens is 1. The van der Waals surface area contributed by atoms with E-state index in [0.29, 0.717) is 0 Å². The smallest absolute Gasteiger partial charge is 0.195 e. The third kappa shape index (κ3) is 3.75. The molecule has 0 unspecified atom stereocenters. The van der Waals surface area contributed by atoms with Gasteiger partial charge in [-0.05, 0) is 26.7 Å². The predicted octanol–water partition coefficient (Wildman–Crippen LogP) is 1.70. The number of nitrogens with zero attached hydrogens (tertiary/aromatic N) is 4. The van der Waals surface area contributed by atoms with Gasteiger partial charge in [0.05, 0.1) is 5.69 Å². The molecule has 0 aliphatic carbocycles. The number of guanidine groups is 1. The first-order valence-electron chi connectivity index (χ1n) is 6.24. The first kappa shape index (κ1) is 14.5. The molecular weight excluding hydrogens is 228 g/mol. The molecule has 18 heavy (non-hydrogen) atoms. The summed E-state index contributed by atoms with van der Waals surface area (Å²) in [4.78, 5) is 8.65. The number of hydrogen-bond acceptors (Lipinski definition) is 3. The highest BCUT2D eigenvalue weighted by Crippen LogP contribution is 2.14. The summed E-state index contributed by atoms with van der Waals surface area (Å²) in [7, 11) is 8.03. The highest BCUT2D eigenvalue weighted by molar-refractivity contribution is 5.79. The maximum atomic E-state index is 5.15. The molecule has 0 bridgehead atoms. The van der Waals surface area contributed by atoms with E-state index in [1.807, 2.05) is 51.8 Å². The third-order valence-electron chi connectivity index (χ3n) is 2.82. The molecule has 0 N–H and O–H groups in total. The van der Waals surface area contributed by atoms with Crippen LogP contribution < -0.4 is 0 Å². The van der Waals surface area contributed by atoms with Crippen LogP contribution in [-0.2, 0) is 6.42 Å². The average molecular weight is 252 g/mol. The normalized spacial score (nSPS) is 10.3. The summed E-state index contributed by atoms with van der Waals surface area (Å²) in [5.41, 5.74) is 2.22. The van der Waals surface area contributed by atoms with Crippen molar-refractivity contribution in [2.24, 2.45) is 4.99 Å². The topological polar surface area (TPSA) is 44.9 Å². The van der Waals surface area contributed by atoms with E-state index in [0.717, 1.165) is 36.8 Å². The third-order valence-corrected chi connectivity index (χ3v) is 2.82. The lowest BCUT2D eigenvalue weighted by atomic mass is 10.1. The Labute approximate surface area is 109 Å². The summed E-state index contributed by atoms with van der Waals surface area (Å²) in [5, 5.41) is 3.96. The van der Waals surface area contributed by atoms with E-state index in [4.69, 9.17) is 4.52 Å². The van der Waals surface area contributed by atoms with Crippen LogP contribution in [0.4, 0.5) is 0 Å². The first-order valence-corrected chi connectivity index (χ1v) is 6.24. The second kappa shape index (κ2) is 6.42. The van der Waals surface area contributed by atoms with Crippen LogP contribution in [-0.4, -0.2) is 55.7 Å². The molecule has 0 radical (unpaired) electrons. The molecule has 0 saturated carbocycles. The molecule has 0 fully saturated rings. The predicted molar refractivity (Wildman–Crippen MR) is 74.0 cm³/mol. The fourth-order valence-electron chi connectivity index (χ4n) is 1.98. The maximum absolute atomic E-state index is 5.15. The molecular formula is C13H24N4O. The standard InChI is InChI=1S/C13H24N4O/c1-10-12(11(2)18-15-10)8-7-9-14-13(16(3)4)17(5)6/h7-9H2,1-6H3. The van der Waals surface area contributed by atoms with Crippen molar-refractivity contribution in [1.29, 1.82) is 0 Å². The zero-order chi connectivity index (χ0) is 13.7. The van der Waals surface area contributed by atoms with Crippen LogP contribution >= 0.6 is 0 Å². The zero-order valence-corrected chi connectivity index (χ0v) is 12.3. The monoisotopic (exact) mass is 252 g/mol. The van der Waals surface area contributed by atoms with Crippen molar-refractivity contribution in [2.75, 3.05) is 34.7 Å². The fourth-order valence-corrected chi connectivity index (χ4v) is 1.98. The maximum Gasteiger partial charge on any atom is 0.195 e. The van der Waals surface area contributed by atoms with Crippen molar-refractivity contribution in [1.82, 2.24) is 15.0 Å². The van der Waals surface area contributed by atoms with Crippen LogP contribution in [0.5, 0.6) is 0 Å². The number of rotatable bonds is 4. The second-order valence-corrected chi connectivity index (χ2v) is 4.88. The van der Waals surface area contributed by atoms with Crippen molar-refractivity contribution in [2.45, 2.75) is 26.7 Å². The quantitative estimate of drug-likeness (QED) is 0.465. The SMILES string of the molecule is Cc1noc(C)c1CCCN=C(N(C)C)N(C)C. The molecule has 0 spiro atoms. The summed E-state index contributed by atoms with van der Waals surface area (Å²) in [6.45, 7) is 4.76. The van der Waals surface area contributed by atoms with E-state index in [1.165, 1.54) is 5.56 Å². The fraction of sp³-hybridized carbons (Fsp3) is 0.692. The summed E-state index contributed by atoms with van der Waals surface area (Å²) < 4.78 is 5.15. The average Bonchev–Trinajstić information content (AvgIpc) is 2.58. The number of hydrogen-bond donors (Lipinski definition) is 0. The minimum Gasteiger partial charge on any atom is -0.361 e. The first-order chi connectivity index (χ1) is 8.43. The molecule has 0 amide bonds. The Morgan fingerprint density at radius 2 is 1.78 bits per heavy atom. The summed E-state index contributed by atoms with van der Waals surface area (Å²) in [6, 6.07) is 0. The van der Waals surface area contributed by atoms with Gasteiger partial charge in [0.15, 0.2) is 5.96 Å². The molecule has 0 aromatic carbocycles. The van der Waals surface area contributed by atoms with Gasteiger partial charge in [-0.15, -0.1) is 0 Å². The number of aryl methyl sites for hydroxylation is 2.